The SMILES string of the molecule is NC1CCCCC1CC(=O)NCc1ccc(N2CCCC2=O)cc1. The molecule has 1 aromatic rings. The fraction of sp³-hybridized carbons (Fsp3) is 0.579. The van der Waals surface area contributed by atoms with E-state index >= 15 is 0 Å². The number of nitrogens with one attached hydrogen (secondary N) is 1. The van der Waals surface area contributed by atoms with Gasteiger partial charge in [0.1, 0.15) is 0 Å². The number of anilines is 1. The molecule has 5 nitrogen and oxygen atoms in total. The van der Waals surface area contributed by atoms with Gasteiger partial charge in [0.2, 0.25) is 11.8 Å². The van der Waals surface area contributed by atoms with E-state index in [1.165, 1.54) is 12.8 Å². The number of rotatable bonds is 5. The second kappa shape index (κ2) is 7.79. The van der Waals surface area contributed by atoms with Gasteiger partial charge in [0.05, 0.1) is 0 Å². The monoisotopic (exact) mass is 329 g/mol. The van der Waals surface area contributed by atoms with Crippen LogP contribution >= 0.6 is 0 Å². The molecule has 2 unspecified atom stereocenters. The van der Waals surface area contributed by atoms with Gasteiger partial charge < -0.3 is 16.0 Å². The Labute approximate surface area is 143 Å². The summed E-state index contributed by atoms with van der Waals surface area (Å²) in [6, 6.07) is 8.05. The predicted molar refractivity (Wildman–Crippen MR) is 94.4 cm³/mol. The van der Waals surface area contributed by atoms with Gasteiger partial charge in [-0.2, -0.15) is 0 Å². The molecule has 5 heteroatoms. The fourth-order valence-electron chi connectivity index (χ4n) is 3.72. The summed E-state index contributed by atoms with van der Waals surface area (Å²) in [6.07, 6.45) is 6.57. The van der Waals surface area contributed by atoms with E-state index in [4.69, 9.17) is 5.73 Å². The van der Waals surface area contributed by atoms with Crippen molar-refractivity contribution < 1.29 is 9.59 Å². The van der Waals surface area contributed by atoms with Gasteiger partial charge in [0, 0.05) is 37.7 Å². The number of benzene rings is 1. The second-order valence-corrected chi connectivity index (χ2v) is 7.00. The third-order valence-electron chi connectivity index (χ3n) is 5.23. The predicted octanol–water partition coefficient (Wildman–Crippen LogP) is 2.34. The van der Waals surface area contributed by atoms with Gasteiger partial charge in [0.15, 0.2) is 0 Å². The molecule has 24 heavy (non-hydrogen) atoms. The molecule has 0 spiro atoms. The van der Waals surface area contributed by atoms with E-state index in [1.54, 1.807) is 0 Å². The average molecular weight is 329 g/mol. The average Bonchev–Trinajstić information content (AvgIpc) is 3.02. The highest BCUT2D eigenvalue weighted by molar-refractivity contribution is 5.95. The Morgan fingerprint density at radius 1 is 1.17 bits per heavy atom. The minimum absolute atomic E-state index is 0.0798. The maximum atomic E-state index is 12.1. The van der Waals surface area contributed by atoms with Crippen LogP contribution in [0.3, 0.4) is 0 Å². The molecule has 0 bridgehead atoms. The van der Waals surface area contributed by atoms with Crippen LogP contribution in [0, 0.1) is 5.92 Å². The van der Waals surface area contributed by atoms with E-state index < -0.39 is 0 Å². The Morgan fingerprint density at radius 3 is 2.58 bits per heavy atom. The number of hydrogen-bond donors (Lipinski definition) is 2. The molecule has 1 aromatic carbocycles. The molecule has 1 saturated carbocycles. The first kappa shape index (κ1) is 17.0. The van der Waals surface area contributed by atoms with Gasteiger partial charge >= 0.3 is 0 Å². The van der Waals surface area contributed by atoms with Gasteiger partial charge in [0.25, 0.3) is 0 Å². The summed E-state index contributed by atoms with van der Waals surface area (Å²) in [5.74, 6) is 0.596. The molecular formula is C19H27N3O2. The standard InChI is InChI=1S/C19H27N3O2/c20-17-5-2-1-4-15(17)12-18(23)21-13-14-7-9-16(10-8-14)22-11-3-6-19(22)24/h7-10,15,17H,1-6,11-13,20H2,(H,21,23). The van der Waals surface area contributed by atoms with Gasteiger partial charge in [-0.05, 0) is 42.9 Å². The quantitative estimate of drug-likeness (QED) is 0.870. The molecule has 1 aliphatic carbocycles. The maximum Gasteiger partial charge on any atom is 0.227 e. The normalized spacial score (nSPS) is 24.2. The summed E-state index contributed by atoms with van der Waals surface area (Å²) in [5, 5.41) is 2.99. The van der Waals surface area contributed by atoms with Crippen molar-refractivity contribution in [2.24, 2.45) is 11.7 Å². The first-order valence-corrected chi connectivity index (χ1v) is 9.05. The zero-order valence-corrected chi connectivity index (χ0v) is 14.2. The lowest BCUT2D eigenvalue weighted by Crippen LogP contribution is -2.37. The van der Waals surface area contributed by atoms with Crippen LogP contribution in [0.4, 0.5) is 5.69 Å². The number of hydrogen-bond acceptors (Lipinski definition) is 3. The third-order valence-corrected chi connectivity index (χ3v) is 5.23. The van der Waals surface area contributed by atoms with Gasteiger partial charge in [-0.1, -0.05) is 25.0 Å². The van der Waals surface area contributed by atoms with Crippen molar-refractivity contribution in [1.29, 1.82) is 0 Å². The summed E-state index contributed by atoms with van der Waals surface area (Å²) in [7, 11) is 0. The number of nitrogens with zero attached hydrogens (tertiary/aromatic N) is 1. The van der Waals surface area contributed by atoms with Crippen LogP contribution in [0.5, 0.6) is 0 Å². The Balaban J connectivity index is 1.47. The number of carbonyl (C=O) groups is 2. The highest BCUT2D eigenvalue weighted by atomic mass is 16.2. The molecular weight excluding hydrogens is 302 g/mol. The van der Waals surface area contributed by atoms with Crippen molar-refractivity contribution >= 4 is 17.5 Å². The molecule has 0 aromatic heterocycles. The topological polar surface area (TPSA) is 75.4 Å². The molecule has 3 N–H and O–H groups in total. The number of nitrogens with two attached hydrogens (primary N) is 1. The second-order valence-electron chi connectivity index (χ2n) is 7.00. The smallest absolute Gasteiger partial charge is 0.227 e. The van der Waals surface area contributed by atoms with Crippen molar-refractivity contribution in [3.63, 3.8) is 0 Å². The van der Waals surface area contributed by atoms with Gasteiger partial charge in [-0.25, -0.2) is 0 Å². The largest absolute Gasteiger partial charge is 0.352 e. The number of carbonyl (C=O) groups excluding carboxylic acids is 2. The Kier molecular flexibility index (Phi) is 5.51. The lowest BCUT2D eigenvalue weighted by molar-refractivity contribution is -0.122. The van der Waals surface area contributed by atoms with Gasteiger partial charge in [-0.3, -0.25) is 9.59 Å². The van der Waals surface area contributed by atoms with Crippen LogP contribution in [0.2, 0.25) is 0 Å². The molecule has 2 atom stereocenters. The van der Waals surface area contributed by atoms with E-state index in [0.717, 1.165) is 37.1 Å². The first-order valence-electron chi connectivity index (χ1n) is 9.05. The zero-order valence-electron chi connectivity index (χ0n) is 14.2. The molecule has 2 aliphatic rings. The first-order chi connectivity index (χ1) is 11.6. The molecule has 1 heterocycles. The molecule has 3 rings (SSSR count). The van der Waals surface area contributed by atoms with Crippen molar-refractivity contribution in [3.8, 4) is 0 Å². The lowest BCUT2D eigenvalue weighted by atomic mass is 9.83. The third kappa shape index (κ3) is 4.15. The lowest BCUT2D eigenvalue weighted by Gasteiger charge is -2.27. The van der Waals surface area contributed by atoms with Crippen LogP contribution in [-0.4, -0.2) is 24.4 Å². The van der Waals surface area contributed by atoms with Crippen LogP contribution < -0.4 is 16.0 Å². The molecule has 1 aliphatic heterocycles. The molecule has 130 valence electrons. The molecule has 1 saturated heterocycles. The summed E-state index contributed by atoms with van der Waals surface area (Å²) in [5.41, 5.74) is 8.10. The van der Waals surface area contributed by atoms with Crippen molar-refractivity contribution in [1.82, 2.24) is 5.32 Å². The fourth-order valence-corrected chi connectivity index (χ4v) is 3.72. The van der Waals surface area contributed by atoms with Crippen LogP contribution in [0.1, 0.15) is 50.5 Å². The summed E-state index contributed by atoms with van der Waals surface area (Å²) in [6.45, 7) is 1.32. The number of amides is 2. The summed E-state index contributed by atoms with van der Waals surface area (Å²) >= 11 is 0. The van der Waals surface area contributed by atoms with Crippen molar-refractivity contribution in [2.75, 3.05) is 11.4 Å². The zero-order chi connectivity index (χ0) is 16.9. The van der Waals surface area contributed by atoms with Crippen molar-refractivity contribution in [3.05, 3.63) is 29.8 Å². The van der Waals surface area contributed by atoms with E-state index in [9.17, 15) is 9.59 Å². The van der Waals surface area contributed by atoms with E-state index in [1.807, 2.05) is 29.2 Å². The highest BCUT2D eigenvalue weighted by Crippen LogP contribution is 2.25. The van der Waals surface area contributed by atoms with Crippen LogP contribution in [-0.2, 0) is 16.1 Å². The minimum atomic E-state index is 0.0798. The van der Waals surface area contributed by atoms with Crippen molar-refractivity contribution in [2.45, 2.75) is 57.5 Å². The van der Waals surface area contributed by atoms with E-state index in [2.05, 4.69) is 5.32 Å². The molecule has 2 fully saturated rings. The minimum Gasteiger partial charge on any atom is -0.352 e. The van der Waals surface area contributed by atoms with E-state index in [-0.39, 0.29) is 17.9 Å². The summed E-state index contributed by atoms with van der Waals surface area (Å²) < 4.78 is 0. The Bertz CT molecular complexity index is 585. The Hall–Kier alpha value is -1.88. The van der Waals surface area contributed by atoms with E-state index in [0.29, 0.717) is 25.3 Å². The van der Waals surface area contributed by atoms with Crippen LogP contribution in [0.15, 0.2) is 24.3 Å². The van der Waals surface area contributed by atoms with Gasteiger partial charge in [-0.15, -0.1) is 0 Å². The maximum absolute atomic E-state index is 12.1. The highest BCUT2D eigenvalue weighted by Gasteiger charge is 2.24. The van der Waals surface area contributed by atoms with Crippen LogP contribution in [0.25, 0.3) is 0 Å². The molecule has 2 amide bonds. The summed E-state index contributed by atoms with van der Waals surface area (Å²) in [4.78, 5) is 25.7. The Morgan fingerprint density at radius 2 is 1.92 bits per heavy atom. The molecule has 0 radical (unpaired) electrons.